The molecule has 3 rings (SSSR count). The summed E-state index contributed by atoms with van der Waals surface area (Å²) in [5.74, 6) is -1.33. The van der Waals surface area contributed by atoms with Gasteiger partial charge < -0.3 is 10.5 Å². The molecule has 0 heterocycles. The summed E-state index contributed by atoms with van der Waals surface area (Å²) in [6.07, 6.45) is 0. The minimum atomic E-state index is -0.710. The van der Waals surface area contributed by atoms with Crippen molar-refractivity contribution in [1.29, 1.82) is 0 Å². The first-order chi connectivity index (χ1) is 11.6. The van der Waals surface area contributed by atoms with Crippen molar-refractivity contribution >= 4 is 39.2 Å². The smallest absolute Gasteiger partial charge is 0.340 e. The molecule has 1 aliphatic rings. The van der Waals surface area contributed by atoms with Crippen LogP contribution in [0.1, 0.15) is 63.0 Å². The summed E-state index contributed by atoms with van der Waals surface area (Å²) in [7, 11) is 0. The second kappa shape index (κ2) is 5.81. The van der Waals surface area contributed by atoms with E-state index in [4.69, 9.17) is 10.5 Å². The molecular formula is C19H16BrNO4. The molecule has 6 heteroatoms. The largest absolute Gasteiger partial charge is 0.456 e. The quantitative estimate of drug-likeness (QED) is 0.495. The van der Waals surface area contributed by atoms with Gasteiger partial charge in [-0.2, -0.15) is 0 Å². The van der Waals surface area contributed by atoms with Crippen molar-refractivity contribution in [2.75, 3.05) is 5.73 Å². The van der Waals surface area contributed by atoms with Crippen LogP contribution in [-0.2, 0) is 4.74 Å². The lowest BCUT2D eigenvalue weighted by molar-refractivity contribution is 0.00705. The molecule has 2 N–H and O–H groups in total. The van der Waals surface area contributed by atoms with Crippen molar-refractivity contribution in [3.8, 4) is 0 Å². The van der Waals surface area contributed by atoms with E-state index in [0.29, 0.717) is 10.0 Å². The number of halogens is 1. The third-order valence-electron chi connectivity index (χ3n) is 3.81. The molecule has 128 valence electrons. The molecule has 0 unspecified atom stereocenters. The maximum absolute atomic E-state index is 12.9. The van der Waals surface area contributed by atoms with E-state index in [-0.39, 0.29) is 39.5 Å². The van der Waals surface area contributed by atoms with E-state index in [0.717, 1.165) is 0 Å². The Morgan fingerprint density at radius 1 is 1.04 bits per heavy atom. The summed E-state index contributed by atoms with van der Waals surface area (Å²) in [4.78, 5) is 38.1. The Kier molecular flexibility index (Phi) is 4.03. The number of nitrogen functional groups attached to an aromatic ring is 1. The molecule has 0 fully saturated rings. The summed E-state index contributed by atoms with van der Waals surface area (Å²) in [6.45, 7) is 5.21. The minimum absolute atomic E-state index is 0.0407. The van der Waals surface area contributed by atoms with Crippen LogP contribution in [-0.4, -0.2) is 23.1 Å². The molecule has 0 saturated heterocycles. The third-order valence-corrected chi connectivity index (χ3v) is 4.43. The zero-order valence-corrected chi connectivity index (χ0v) is 15.6. The normalized spacial score (nSPS) is 13.3. The Labute approximate surface area is 153 Å². The van der Waals surface area contributed by atoms with Gasteiger partial charge in [0.15, 0.2) is 11.6 Å². The Morgan fingerprint density at radius 2 is 1.56 bits per heavy atom. The van der Waals surface area contributed by atoms with Crippen LogP contribution in [0.3, 0.4) is 0 Å². The van der Waals surface area contributed by atoms with Gasteiger partial charge in [-0.25, -0.2) is 4.79 Å². The molecular weight excluding hydrogens is 386 g/mol. The van der Waals surface area contributed by atoms with Crippen LogP contribution in [0.2, 0.25) is 0 Å². The van der Waals surface area contributed by atoms with Crippen molar-refractivity contribution in [3.05, 3.63) is 62.6 Å². The fraction of sp³-hybridized carbons (Fsp3) is 0.211. The minimum Gasteiger partial charge on any atom is -0.456 e. The molecule has 0 aromatic heterocycles. The summed E-state index contributed by atoms with van der Waals surface area (Å²) in [6, 6.07) is 7.98. The predicted octanol–water partition coefficient (Wildman–Crippen LogP) is 3.76. The number of ether oxygens (including phenoxy) is 1. The van der Waals surface area contributed by atoms with Crippen molar-refractivity contribution in [1.82, 2.24) is 0 Å². The number of hydrogen-bond acceptors (Lipinski definition) is 5. The van der Waals surface area contributed by atoms with Crippen LogP contribution in [0.5, 0.6) is 0 Å². The fourth-order valence-corrected chi connectivity index (χ4v) is 3.38. The molecule has 0 atom stereocenters. The van der Waals surface area contributed by atoms with Gasteiger partial charge in [-0.15, -0.1) is 0 Å². The van der Waals surface area contributed by atoms with Gasteiger partial charge in [-0.05, 0) is 42.8 Å². The third kappa shape index (κ3) is 2.87. The molecule has 0 radical (unpaired) electrons. The van der Waals surface area contributed by atoms with Crippen molar-refractivity contribution < 1.29 is 19.1 Å². The Morgan fingerprint density at radius 3 is 2.08 bits per heavy atom. The highest BCUT2D eigenvalue weighted by Crippen LogP contribution is 2.37. The van der Waals surface area contributed by atoms with Gasteiger partial charge in [0.05, 0.1) is 22.4 Å². The van der Waals surface area contributed by atoms with E-state index in [2.05, 4.69) is 15.9 Å². The van der Waals surface area contributed by atoms with Gasteiger partial charge in [0.25, 0.3) is 0 Å². The maximum Gasteiger partial charge on any atom is 0.340 e. The van der Waals surface area contributed by atoms with Crippen LogP contribution >= 0.6 is 15.9 Å². The maximum atomic E-state index is 12.9. The van der Waals surface area contributed by atoms with Crippen LogP contribution < -0.4 is 5.73 Å². The number of carbonyl (C=O) groups is 3. The monoisotopic (exact) mass is 401 g/mol. The Balaban J connectivity index is 2.22. The van der Waals surface area contributed by atoms with Crippen molar-refractivity contribution in [2.45, 2.75) is 26.4 Å². The van der Waals surface area contributed by atoms with Crippen molar-refractivity contribution in [3.63, 3.8) is 0 Å². The first-order valence-corrected chi connectivity index (χ1v) is 8.45. The first-order valence-electron chi connectivity index (χ1n) is 7.65. The lowest BCUT2D eigenvalue weighted by atomic mass is 9.82. The van der Waals surface area contributed by atoms with E-state index in [1.807, 2.05) is 0 Å². The van der Waals surface area contributed by atoms with Gasteiger partial charge in [0.2, 0.25) is 0 Å². The van der Waals surface area contributed by atoms with Gasteiger partial charge in [0.1, 0.15) is 5.60 Å². The lowest BCUT2D eigenvalue weighted by Crippen LogP contribution is -2.27. The lowest BCUT2D eigenvalue weighted by Gasteiger charge is -2.23. The number of anilines is 1. The summed E-state index contributed by atoms with van der Waals surface area (Å²) >= 11 is 3.30. The average Bonchev–Trinajstić information content (AvgIpc) is 2.52. The highest BCUT2D eigenvalue weighted by Gasteiger charge is 2.35. The highest BCUT2D eigenvalue weighted by molar-refractivity contribution is 9.10. The second-order valence-electron chi connectivity index (χ2n) is 6.78. The van der Waals surface area contributed by atoms with Crippen LogP contribution in [0.4, 0.5) is 5.69 Å². The summed E-state index contributed by atoms with van der Waals surface area (Å²) in [5, 5.41) is 0. The number of benzene rings is 2. The number of carbonyl (C=O) groups excluding carboxylic acids is 3. The van der Waals surface area contributed by atoms with E-state index in [1.54, 1.807) is 45.0 Å². The highest BCUT2D eigenvalue weighted by atomic mass is 79.9. The Hall–Kier alpha value is -2.47. The molecule has 0 aliphatic heterocycles. The van der Waals surface area contributed by atoms with Gasteiger partial charge >= 0.3 is 5.97 Å². The molecule has 2 aromatic carbocycles. The van der Waals surface area contributed by atoms with E-state index < -0.39 is 11.6 Å². The van der Waals surface area contributed by atoms with Gasteiger partial charge in [0, 0.05) is 15.6 Å². The Bertz CT molecular complexity index is 941. The van der Waals surface area contributed by atoms with Gasteiger partial charge in [-0.1, -0.05) is 24.3 Å². The molecule has 25 heavy (non-hydrogen) atoms. The average molecular weight is 402 g/mol. The van der Waals surface area contributed by atoms with E-state index in [9.17, 15) is 14.4 Å². The van der Waals surface area contributed by atoms with Crippen molar-refractivity contribution in [2.24, 2.45) is 0 Å². The second-order valence-corrected chi connectivity index (χ2v) is 7.63. The molecule has 0 amide bonds. The predicted molar refractivity (Wildman–Crippen MR) is 97.0 cm³/mol. The number of fused-ring (bicyclic) bond motifs is 2. The molecule has 1 aliphatic carbocycles. The fourth-order valence-electron chi connectivity index (χ4n) is 2.77. The number of nitrogens with two attached hydrogens (primary N) is 1. The molecule has 5 nitrogen and oxygen atoms in total. The molecule has 0 saturated carbocycles. The molecule has 0 spiro atoms. The zero-order chi connectivity index (χ0) is 18.5. The zero-order valence-electron chi connectivity index (χ0n) is 14.0. The topological polar surface area (TPSA) is 86.5 Å². The number of ketones is 2. The number of esters is 1. The molecule has 2 aromatic rings. The SMILES string of the molecule is CC(C)(C)OC(=O)c1cc(Br)c2c(c1N)C(=O)c1ccccc1C2=O. The van der Waals surface area contributed by atoms with E-state index >= 15 is 0 Å². The van der Waals surface area contributed by atoms with Crippen LogP contribution in [0.25, 0.3) is 0 Å². The standard InChI is InChI=1S/C19H16BrNO4/c1-19(2,3)25-18(24)11-8-12(20)13-14(15(11)21)17(23)10-7-5-4-6-9(10)16(13)22/h4-8H,21H2,1-3H3. The van der Waals surface area contributed by atoms with Gasteiger partial charge in [-0.3, -0.25) is 9.59 Å². The number of hydrogen-bond donors (Lipinski definition) is 1. The summed E-state index contributed by atoms with van der Waals surface area (Å²) < 4.78 is 5.68. The number of rotatable bonds is 1. The van der Waals surface area contributed by atoms with Crippen LogP contribution in [0.15, 0.2) is 34.8 Å². The first kappa shape index (κ1) is 17.4. The van der Waals surface area contributed by atoms with Crippen LogP contribution in [0, 0.1) is 0 Å². The van der Waals surface area contributed by atoms with E-state index in [1.165, 1.54) is 6.07 Å². The summed E-state index contributed by atoms with van der Waals surface area (Å²) in [5.41, 5.74) is 6.23. The molecule has 0 bridgehead atoms.